The van der Waals surface area contributed by atoms with Gasteiger partial charge in [0.25, 0.3) is 5.91 Å². The van der Waals surface area contributed by atoms with E-state index < -0.39 is 47.9 Å². The number of rotatable bonds is 7. The highest BCUT2D eigenvalue weighted by atomic mass is 19.4. The van der Waals surface area contributed by atoms with Crippen molar-refractivity contribution in [3.63, 3.8) is 0 Å². The van der Waals surface area contributed by atoms with Crippen LogP contribution < -0.4 is 10.6 Å². The molecule has 4 N–H and O–H groups in total. The Balaban J connectivity index is 1.45. The zero-order valence-electron chi connectivity index (χ0n) is 18.9. The number of aromatic nitrogens is 4. The summed E-state index contributed by atoms with van der Waals surface area (Å²) in [7, 11) is 0. The molecule has 2 aliphatic heterocycles. The molecule has 35 heavy (non-hydrogen) atoms. The van der Waals surface area contributed by atoms with Crippen molar-refractivity contribution in [2.75, 3.05) is 18.5 Å². The van der Waals surface area contributed by atoms with E-state index in [2.05, 4.69) is 30.8 Å². The minimum absolute atomic E-state index is 0.171. The molecule has 0 unspecified atom stereocenters. The second-order valence-corrected chi connectivity index (χ2v) is 8.96. The third-order valence-electron chi connectivity index (χ3n) is 5.84. The van der Waals surface area contributed by atoms with Gasteiger partial charge in [-0.25, -0.2) is 4.98 Å². The van der Waals surface area contributed by atoms with Crippen molar-refractivity contribution in [2.45, 2.75) is 56.6 Å². The minimum Gasteiger partial charge on any atom is -0.388 e. The number of carbonyl (C=O) groups excluding carboxylic acids is 1. The number of fused-ring (bicyclic) bond motifs is 2. The van der Waals surface area contributed by atoms with Crippen LogP contribution in [0.25, 0.3) is 0 Å². The number of alkyl halides is 3. The van der Waals surface area contributed by atoms with Crippen LogP contribution in [0.5, 0.6) is 0 Å². The first-order valence-corrected chi connectivity index (χ1v) is 10.9. The SMILES string of the molecule is CC(C)Cc1cnncc1C(=O)NC[C@@]12CO[C@@H](O1)[C@H](Nc1cncc(C(F)(F)F)n1)[C@@H](O)[C@H]2O. The number of ether oxygens (including phenoxy) is 2. The van der Waals surface area contributed by atoms with Crippen LogP contribution in [0.2, 0.25) is 0 Å². The van der Waals surface area contributed by atoms with Crippen LogP contribution in [0.3, 0.4) is 0 Å². The number of aliphatic hydroxyl groups excluding tert-OH is 2. The lowest BCUT2D eigenvalue weighted by molar-refractivity contribution is -0.212. The molecule has 0 radical (unpaired) electrons. The number of anilines is 1. The maximum atomic E-state index is 12.9. The molecular weight excluding hydrogens is 473 g/mol. The first kappa shape index (κ1) is 25.2. The van der Waals surface area contributed by atoms with E-state index in [0.29, 0.717) is 23.7 Å². The number of hydrogen-bond donors (Lipinski definition) is 4. The van der Waals surface area contributed by atoms with Crippen molar-refractivity contribution in [2.24, 2.45) is 5.92 Å². The predicted molar refractivity (Wildman–Crippen MR) is 113 cm³/mol. The van der Waals surface area contributed by atoms with Crippen molar-refractivity contribution < 1.29 is 37.7 Å². The van der Waals surface area contributed by atoms with E-state index in [0.717, 1.165) is 6.20 Å². The summed E-state index contributed by atoms with van der Waals surface area (Å²) in [4.78, 5) is 19.8. The van der Waals surface area contributed by atoms with Crippen LogP contribution in [0.15, 0.2) is 24.8 Å². The molecule has 5 atom stereocenters. The average molecular weight is 498 g/mol. The van der Waals surface area contributed by atoms with Crippen molar-refractivity contribution in [1.82, 2.24) is 25.5 Å². The molecule has 1 amide bonds. The number of nitrogens with zero attached hydrogens (tertiary/aromatic N) is 4. The van der Waals surface area contributed by atoms with E-state index in [1.54, 1.807) is 0 Å². The largest absolute Gasteiger partial charge is 0.434 e. The van der Waals surface area contributed by atoms with Crippen LogP contribution in [0, 0.1) is 5.92 Å². The van der Waals surface area contributed by atoms with E-state index in [1.807, 2.05) is 13.8 Å². The molecule has 11 nitrogen and oxygen atoms in total. The maximum Gasteiger partial charge on any atom is 0.434 e. The molecule has 190 valence electrons. The fourth-order valence-corrected chi connectivity index (χ4v) is 4.10. The van der Waals surface area contributed by atoms with Crippen molar-refractivity contribution >= 4 is 11.7 Å². The van der Waals surface area contributed by atoms with E-state index >= 15 is 0 Å². The third-order valence-corrected chi connectivity index (χ3v) is 5.84. The van der Waals surface area contributed by atoms with Crippen LogP contribution in [0.4, 0.5) is 19.0 Å². The Morgan fingerprint density at radius 3 is 2.69 bits per heavy atom. The standard InChI is InChI=1S/C21H25F3N6O5/c1-10(2)3-11-4-27-28-5-12(11)18(33)26-8-20-9-34-19(35-20)15(16(31)17(20)32)30-14-7-25-6-13(29-14)21(22,23)24/h4-7,10,15-17,19,31-32H,3,8-9H2,1-2H3,(H,26,33)(H,29,30)/t15-,16-,17-,19+,20+/m1/s1. The molecule has 2 fully saturated rings. The Kier molecular flexibility index (Phi) is 6.90. The smallest absolute Gasteiger partial charge is 0.388 e. The summed E-state index contributed by atoms with van der Waals surface area (Å²) in [6.07, 6.45) is -3.79. The van der Waals surface area contributed by atoms with Gasteiger partial charge in [0.1, 0.15) is 29.7 Å². The minimum atomic E-state index is -4.71. The maximum absolute atomic E-state index is 12.9. The molecule has 0 saturated carbocycles. The van der Waals surface area contributed by atoms with Crippen LogP contribution >= 0.6 is 0 Å². The van der Waals surface area contributed by atoms with Gasteiger partial charge in [-0.1, -0.05) is 13.8 Å². The highest BCUT2D eigenvalue weighted by Gasteiger charge is 2.59. The number of carbonyl (C=O) groups is 1. The van der Waals surface area contributed by atoms with Gasteiger partial charge in [0, 0.05) is 0 Å². The van der Waals surface area contributed by atoms with Crippen molar-refractivity contribution in [1.29, 1.82) is 0 Å². The fraction of sp³-hybridized carbons (Fsp3) is 0.571. The summed E-state index contributed by atoms with van der Waals surface area (Å²) in [5.41, 5.74) is -1.65. The molecule has 14 heteroatoms. The van der Waals surface area contributed by atoms with Gasteiger partial charge >= 0.3 is 6.18 Å². The number of hydrogen-bond acceptors (Lipinski definition) is 10. The van der Waals surface area contributed by atoms with Gasteiger partial charge in [0.05, 0.1) is 43.5 Å². The van der Waals surface area contributed by atoms with Gasteiger partial charge in [0.15, 0.2) is 12.0 Å². The normalized spacial score (nSPS) is 28.2. The van der Waals surface area contributed by atoms with Crippen molar-refractivity contribution in [3.8, 4) is 0 Å². The molecule has 4 heterocycles. The van der Waals surface area contributed by atoms with Gasteiger partial charge < -0.3 is 30.3 Å². The molecule has 2 bridgehead atoms. The molecule has 2 aliphatic rings. The summed E-state index contributed by atoms with van der Waals surface area (Å²) in [5.74, 6) is -0.463. The predicted octanol–water partition coefficient (Wildman–Crippen LogP) is 0.541. The second-order valence-electron chi connectivity index (χ2n) is 8.96. The summed E-state index contributed by atoms with van der Waals surface area (Å²) >= 11 is 0. The molecule has 4 rings (SSSR count). The van der Waals surface area contributed by atoms with Gasteiger partial charge in [0.2, 0.25) is 0 Å². The lowest BCUT2D eigenvalue weighted by Crippen LogP contribution is -2.66. The highest BCUT2D eigenvalue weighted by molar-refractivity contribution is 5.95. The lowest BCUT2D eigenvalue weighted by atomic mass is 9.87. The summed E-state index contributed by atoms with van der Waals surface area (Å²) < 4.78 is 50.2. The Hall–Kier alpha value is -2.94. The first-order valence-electron chi connectivity index (χ1n) is 10.9. The second kappa shape index (κ2) is 9.60. The topological polar surface area (TPSA) is 152 Å². The van der Waals surface area contributed by atoms with Crippen molar-refractivity contribution in [3.05, 3.63) is 41.6 Å². The fourth-order valence-electron chi connectivity index (χ4n) is 4.10. The first-order chi connectivity index (χ1) is 16.5. The van der Waals surface area contributed by atoms with Gasteiger partial charge in [-0.05, 0) is 17.9 Å². The Morgan fingerprint density at radius 2 is 1.97 bits per heavy atom. The molecule has 2 saturated heterocycles. The zero-order chi connectivity index (χ0) is 25.4. The molecule has 2 aromatic rings. The molecule has 0 aromatic carbocycles. The summed E-state index contributed by atoms with van der Waals surface area (Å²) in [5, 5.41) is 34.4. The third kappa shape index (κ3) is 5.19. The number of halogens is 3. The Bertz CT molecular complexity index is 1070. The number of amides is 1. The van der Waals surface area contributed by atoms with E-state index in [9.17, 15) is 28.2 Å². The van der Waals surface area contributed by atoms with E-state index in [4.69, 9.17) is 9.47 Å². The van der Waals surface area contributed by atoms with Crippen LogP contribution in [-0.4, -0.2) is 79.6 Å². The monoisotopic (exact) mass is 498 g/mol. The Labute approximate surface area is 198 Å². The summed E-state index contributed by atoms with van der Waals surface area (Å²) in [6, 6.07) is -1.14. The lowest BCUT2D eigenvalue weighted by Gasteiger charge is -2.43. The highest BCUT2D eigenvalue weighted by Crippen LogP contribution is 2.38. The average Bonchev–Trinajstić information content (AvgIpc) is 3.21. The summed E-state index contributed by atoms with van der Waals surface area (Å²) in [6.45, 7) is 3.64. The van der Waals surface area contributed by atoms with E-state index in [1.165, 1.54) is 12.4 Å². The van der Waals surface area contributed by atoms with Gasteiger partial charge in [-0.2, -0.15) is 23.4 Å². The van der Waals surface area contributed by atoms with Crippen LogP contribution in [-0.2, 0) is 22.1 Å². The quantitative estimate of drug-likeness (QED) is 0.426. The van der Waals surface area contributed by atoms with Gasteiger partial charge in [-0.3, -0.25) is 9.78 Å². The number of aliphatic hydroxyl groups is 2. The molecule has 2 aromatic heterocycles. The van der Waals surface area contributed by atoms with Crippen LogP contribution in [0.1, 0.15) is 35.5 Å². The molecule has 0 spiro atoms. The molecular formula is C21H25F3N6O5. The van der Waals surface area contributed by atoms with Gasteiger partial charge in [-0.15, -0.1) is 0 Å². The Morgan fingerprint density at radius 1 is 1.23 bits per heavy atom. The molecule has 0 aliphatic carbocycles. The number of nitrogens with one attached hydrogen (secondary N) is 2. The zero-order valence-corrected chi connectivity index (χ0v) is 18.9. The van der Waals surface area contributed by atoms with E-state index in [-0.39, 0.29) is 24.9 Å².